The second kappa shape index (κ2) is 14.7. The summed E-state index contributed by atoms with van der Waals surface area (Å²) in [5.41, 5.74) is 5.74. The summed E-state index contributed by atoms with van der Waals surface area (Å²) in [6.45, 7) is 7.20. The molecule has 2 N–H and O–H groups in total. The number of guanidine groups is 1. The Balaban J connectivity index is 0.00000385. The fourth-order valence-electron chi connectivity index (χ4n) is 3.61. The molecule has 0 atom stereocenters. The first kappa shape index (κ1) is 26.9. The van der Waals surface area contributed by atoms with Crippen LogP contribution in [0.1, 0.15) is 35.4 Å². The molecule has 0 radical (unpaired) electrons. The zero-order chi connectivity index (χ0) is 22.6. The van der Waals surface area contributed by atoms with E-state index in [2.05, 4.69) is 76.2 Å². The fraction of sp³-hybridized carbons (Fsp3) is 0.385. The van der Waals surface area contributed by atoms with Crippen molar-refractivity contribution >= 4 is 29.9 Å². The van der Waals surface area contributed by atoms with Crippen LogP contribution in [0.15, 0.2) is 65.7 Å². The first-order valence-corrected chi connectivity index (χ1v) is 11.3. The Morgan fingerprint density at radius 3 is 2.45 bits per heavy atom. The van der Waals surface area contributed by atoms with Crippen molar-refractivity contribution < 1.29 is 4.74 Å². The summed E-state index contributed by atoms with van der Waals surface area (Å²) < 4.78 is 7.76. The average Bonchev–Trinajstić information content (AvgIpc) is 3.16. The highest BCUT2D eigenvalue weighted by Gasteiger charge is 2.09. The Kier molecular flexibility index (Phi) is 12.0. The van der Waals surface area contributed by atoms with Crippen molar-refractivity contribution in [1.82, 2.24) is 20.4 Å². The number of halogens is 1. The molecule has 178 valence electrons. The molecular weight excluding hydrogens is 525 g/mol. The van der Waals surface area contributed by atoms with Crippen LogP contribution < -0.4 is 10.6 Å². The lowest BCUT2D eigenvalue weighted by Crippen LogP contribution is -2.37. The largest absolute Gasteiger partial charge is 0.381 e. The monoisotopic (exact) mass is 561 g/mol. The molecule has 0 unspecified atom stereocenters. The van der Waals surface area contributed by atoms with E-state index in [-0.39, 0.29) is 24.0 Å². The highest BCUT2D eigenvalue weighted by atomic mass is 127. The van der Waals surface area contributed by atoms with Crippen molar-refractivity contribution in [3.63, 3.8) is 0 Å². The Labute approximate surface area is 214 Å². The summed E-state index contributed by atoms with van der Waals surface area (Å²) in [6.07, 6.45) is 3.03. The summed E-state index contributed by atoms with van der Waals surface area (Å²) >= 11 is 0. The molecule has 3 aromatic rings. The topological polar surface area (TPSA) is 63.5 Å². The number of para-hydroxylation sites is 1. The number of aryl methyl sites for hydroxylation is 2. The van der Waals surface area contributed by atoms with Crippen LogP contribution >= 0.6 is 24.0 Å². The predicted octanol–water partition coefficient (Wildman–Crippen LogP) is 4.81. The molecule has 0 fully saturated rings. The van der Waals surface area contributed by atoms with E-state index in [4.69, 9.17) is 4.74 Å². The van der Waals surface area contributed by atoms with E-state index in [0.717, 1.165) is 62.1 Å². The van der Waals surface area contributed by atoms with Crippen LogP contribution in [0, 0.1) is 13.8 Å². The maximum Gasteiger partial charge on any atom is 0.191 e. The summed E-state index contributed by atoms with van der Waals surface area (Å²) in [4.78, 5) is 4.35. The molecular formula is C26H36IN5O. The number of benzene rings is 2. The highest BCUT2D eigenvalue weighted by Crippen LogP contribution is 2.16. The van der Waals surface area contributed by atoms with Crippen LogP contribution in [0.5, 0.6) is 0 Å². The Bertz CT molecular complexity index is 987. The maximum absolute atomic E-state index is 5.76. The SMILES string of the molecule is CN=C(NCCCCOCCc1ccccc1)NCc1ccccc1-n1nc(C)cc1C.I. The van der Waals surface area contributed by atoms with Gasteiger partial charge in [-0.25, -0.2) is 4.68 Å². The number of rotatable bonds is 11. The molecule has 7 heteroatoms. The van der Waals surface area contributed by atoms with Crippen molar-refractivity contribution in [1.29, 1.82) is 0 Å². The average molecular weight is 562 g/mol. The maximum atomic E-state index is 5.76. The van der Waals surface area contributed by atoms with Crippen molar-refractivity contribution in [2.75, 3.05) is 26.8 Å². The van der Waals surface area contributed by atoms with Crippen LogP contribution in [0.25, 0.3) is 5.69 Å². The van der Waals surface area contributed by atoms with E-state index in [0.29, 0.717) is 6.54 Å². The number of aromatic nitrogens is 2. The second-order valence-corrected chi connectivity index (χ2v) is 7.88. The van der Waals surface area contributed by atoms with Gasteiger partial charge in [0.25, 0.3) is 0 Å². The third-order valence-electron chi connectivity index (χ3n) is 5.29. The highest BCUT2D eigenvalue weighted by molar-refractivity contribution is 14.0. The lowest BCUT2D eigenvalue weighted by molar-refractivity contribution is 0.133. The molecule has 33 heavy (non-hydrogen) atoms. The van der Waals surface area contributed by atoms with Crippen LogP contribution in [-0.4, -0.2) is 42.5 Å². The summed E-state index contributed by atoms with van der Waals surface area (Å²) in [6, 6.07) is 20.9. The standard InChI is InChI=1S/C26H35N5O.HI/c1-21-19-22(2)31(30-21)25-14-8-7-13-24(25)20-29-26(27-3)28-16-9-10-17-32-18-15-23-11-5-4-6-12-23;/h4-8,11-14,19H,9-10,15-18,20H2,1-3H3,(H2,27,28,29);1H. The van der Waals surface area contributed by atoms with E-state index in [9.17, 15) is 0 Å². The zero-order valence-electron chi connectivity index (χ0n) is 19.9. The molecule has 2 aromatic carbocycles. The van der Waals surface area contributed by atoms with Crippen molar-refractivity contribution in [3.8, 4) is 5.69 Å². The van der Waals surface area contributed by atoms with Crippen molar-refractivity contribution in [2.24, 2.45) is 4.99 Å². The molecule has 0 aliphatic rings. The number of unbranched alkanes of at least 4 members (excludes halogenated alkanes) is 1. The van der Waals surface area contributed by atoms with Crippen LogP contribution in [0.2, 0.25) is 0 Å². The van der Waals surface area contributed by atoms with E-state index in [1.54, 1.807) is 7.05 Å². The quantitative estimate of drug-likeness (QED) is 0.153. The van der Waals surface area contributed by atoms with Gasteiger partial charge in [-0.1, -0.05) is 48.5 Å². The number of aliphatic imine (C=N–C) groups is 1. The third-order valence-corrected chi connectivity index (χ3v) is 5.29. The van der Waals surface area contributed by atoms with Crippen LogP contribution in [0.3, 0.4) is 0 Å². The molecule has 0 saturated carbocycles. The summed E-state index contributed by atoms with van der Waals surface area (Å²) in [7, 11) is 1.80. The van der Waals surface area contributed by atoms with Gasteiger partial charge in [-0.2, -0.15) is 5.10 Å². The molecule has 1 heterocycles. The normalized spacial score (nSPS) is 11.2. The van der Waals surface area contributed by atoms with Gasteiger partial charge >= 0.3 is 0 Å². The van der Waals surface area contributed by atoms with Gasteiger partial charge in [-0.15, -0.1) is 24.0 Å². The van der Waals surface area contributed by atoms with E-state index >= 15 is 0 Å². The van der Waals surface area contributed by atoms with E-state index < -0.39 is 0 Å². The lowest BCUT2D eigenvalue weighted by Gasteiger charge is -2.15. The zero-order valence-corrected chi connectivity index (χ0v) is 22.2. The van der Waals surface area contributed by atoms with E-state index in [1.807, 2.05) is 23.7 Å². The van der Waals surface area contributed by atoms with Gasteiger partial charge in [0.15, 0.2) is 5.96 Å². The predicted molar refractivity (Wildman–Crippen MR) is 147 cm³/mol. The molecule has 6 nitrogen and oxygen atoms in total. The number of nitrogens with one attached hydrogen (secondary N) is 2. The molecule has 0 bridgehead atoms. The molecule has 0 saturated heterocycles. The Morgan fingerprint density at radius 1 is 0.970 bits per heavy atom. The summed E-state index contributed by atoms with van der Waals surface area (Å²) in [5.74, 6) is 0.804. The number of ether oxygens (including phenoxy) is 1. The molecule has 0 aliphatic heterocycles. The van der Waals surface area contributed by atoms with E-state index in [1.165, 1.54) is 11.1 Å². The Hall–Kier alpha value is -2.39. The smallest absolute Gasteiger partial charge is 0.191 e. The minimum absolute atomic E-state index is 0. The van der Waals surface area contributed by atoms with Crippen LogP contribution in [-0.2, 0) is 17.7 Å². The summed E-state index contributed by atoms with van der Waals surface area (Å²) in [5, 5.41) is 11.4. The molecule has 3 rings (SSSR count). The van der Waals surface area contributed by atoms with Crippen molar-refractivity contribution in [3.05, 3.63) is 83.2 Å². The minimum atomic E-state index is 0. The third kappa shape index (κ3) is 8.81. The van der Waals surface area contributed by atoms with Gasteiger partial charge in [-0.05, 0) is 56.4 Å². The lowest BCUT2D eigenvalue weighted by atomic mass is 10.1. The van der Waals surface area contributed by atoms with Gasteiger partial charge < -0.3 is 15.4 Å². The van der Waals surface area contributed by atoms with Crippen molar-refractivity contribution in [2.45, 2.75) is 39.7 Å². The number of hydrogen-bond acceptors (Lipinski definition) is 3. The first-order valence-electron chi connectivity index (χ1n) is 11.3. The van der Waals surface area contributed by atoms with Crippen LogP contribution in [0.4, 0.5) is 0 Å². The minimum Gasteiger partial charge on any atom is -0.381 e. The second-order valence-electron chi connectivity index (χ2n) is 7.88. The fourth-order valence-corrected chi connectivity index (χ4v) is 3.61. The number of hydrogen-bond donors (Lipinski definition) is 2. The van der Waals surface area contributed by atoms with Gasteiger partial charge in [0.05, 0.1) is 18.0 Å². The van der Waals surface area contributed by atoms with Gasteiger partial charge in [0.1, 0.15) is 0 Å². The van der Waals surface area contributed by atoms with Gasteiger partial charge in [-0.3, -0.25) is 4.99 Å². The molecule has 0 amide bonds. The molecule has 0 spiro atoms. The Morgan fingerprint density at radius 2 is 1.73 bits per heavy atom. The van der Waals surface area contributed by atoms with Gasteiger partial charge in [0.2, 0.25) is 0 Å². The van der Waals surface area contributed by atoms with Gasteiger partial charge in [0, 0.05) is 32.4 Å². The molecule has 1 aromatic heterocycles. The number of nitrogens with zero attached hydrogens (tertiary/aromatic N) is 3. The first-order chi connectivity index (χ1) is 15.7. The molecule has 0 aliphatic carbocycles.